The SMILES string of the molecule is O=C(O)C1CCCN(Cc2cc(F)cc(F)c2)C1. The lowest BCUT2D eigenvalue weighted by Crippen LogP contribution is -2.38. The zero-order chi connectivity index (χ0) is 13.1. The Kier molecular flexibility index (Phi) is 3.91. The molecule has 0 bridgehead atoms. The molecule has 1 aromatic carbocycles. The molecule has 0 spiro atoms. The standard InChI is InChI=1S/C13H15F2NO2/c14-11-4-9(5-12(15)6-11)7-16-3-1-2-10(8-16)13(17)18/h4-6,10H,1-3,7-8H2,(H,17,18). The zero-order valence-electron chi connectivity index (χ0n) is 9.90. The van der Waals surface area contributed by atoms with E-state index in [2.05, 4.69) is 0 Å². The zero-order valence-corrected chi connectivity index (χ0v) is 9.90. The van der Waals surface area contributed by atoms with Crippen molar-refractivity contribution in [1.82, 2.24) is 4.90 Å². The number of carboxylic acid groups (broad SMARTS) is 1. The molecule has 0 saturated carbocycles. The van der Waals surface area contributed by atoms with Gasteiger partial charge in [0.15, 0.2) is 0 Å². The van der Waals surface area contributed by atoms with Gasteiger partial charge in [-0.1, -0.05) is 0 Å². The van der Waals surface area contributed by atoms with E-state index in [1.54, 1.807) is 0 Å². The molecule has 98 valence electrons. The van der Waals surface area contributed by atoms with E-state index in [4.69, 9.17) is 5.11 Å². The molecule has 1 N–H and O–H groups in total. The topological polar surface area (TPSA) is 40.5 Å². The van der Waals surface area contributed by atoms with Crippen LogP contribution in [0, 0.1) is 17.6 Å². The maximum absolute atomic E-state index is 13.0. The van der Waals surface area contributed by atoms with E-state index in [1.807, 2.05) is 4.90 Å². The van der Waals surface area contributed by atoms with Crippen molar-refractivity contribution in [3.05, 3.63) is 35.4 Å². The molecule has 1 unspecified atom stereocenters. The van der Waals surface area contributed by atoms with Gasteiger partial charge in [0.1, 0.15) is 11.6 Å². The Morgan fingerprint density at radius 1 is 1.33 bits per heavy atom. The second kappa shape index (κ2) is 5.44. The van der Waals surface area contributed by atoms with Crippen LogP contribution in [-0.4, -0.2) is 29.1 Å². The van der Waals surface area contributed by atoms with Crippen LogP contribution in [0.25, 0.3) is 0 Å². The van der Waals surface area contributed by atoms with Crippen molar-refractivity contribution in [2.75, 3.05) is 13.1 Å². The van der Waals surface area contributed by atoms with Crippen LogP contribution < -0.4 is 0 Å². The third-order valence-electron chi connectivity index (χ3n) is 3.18. The Morgan fingerprint density at radius 3 is 2.61 bits per heavy atom. The predicted molar refractivity (Wildman–Crippen MR) is 62.0 cm³/mol. The highest BCUT2D eigenvalue weighted by atomic mass is 19.1. The number of rotatable bonds is 3. The largest absolute Gasteiger partial charge is 0.481 e. The van der Waals surface area contributed by atoms with E-state index in [1.165, 1.54) is 12.1 Å². The van der Waals surface area contributed by atoms with Gasteiger partial charge in [-0.3, -0.25) is 9.69 Å². The number of likely N-dealkylation sites (tertiary alicyclic amines) is 1. The summed E-state index contributed by atoms with van der Waals surface area (Å²) in [5.41, 5.74) is 0.540. The molecule has 2 rings (SSSR count). The molecule has 1 aromatic rings. The molecule has 5 heteroatoms. The summed E-state index contributed by atoms with van der Waals surface area (Å²) in [6.07, 6.45) is 1.47. The molecule has 0 aromatic heterocycles. The summed E-state index contributed by atoms with van der Waals surface area (Å²) < 4.78 is 26.1. The Hall–Kier alpha value is -1.49. The van der Waals surface area contributed by atoms with Crippen LogP contribution in [0.4, 0.5) is 8.78 Å². The quantitative estimate of drug-likeness (QED) is 0.900. The highest BCUT2D eigenvalue weighted by Gasteiger charge is 2.25. The number of hydrogen-bond donors (Lipinski definition) is 1. The van der Waals surface area contributed by atoms with Gasteiger partial charge in [-0.25, -0.2) is 8.78 Å². The first-order valence-electron chi connectivity index (χ1n) is 5.95. The van der Waals surface area contributed by atoms with Crippen LogP contribution in [0.15, 0.2) is 18.2 Å². The second-order valence-electron chi connectivity index (χ2n) is 4.69. The smallest absolute Gasteiger partial charge is 0.307 e. The minimum absolute atomic E-state index is 0.378. The first-order valence-corrected chi connectivity index (χ1v) is 5.95. The molecule has 1 saturated heterocycles. The lowest BCUT2D eigenvalue weighted by atomic mass is 9.98. The minimum Gasteiger partial charge on any atom is -0.481 e. The molecular weight excluding hydrogens is 240 g/mol. The van der Waals surface area contributed by atoms with Crippen molar-refractivity contribution in [2.45, 2.75) is 19.4 Å². The van der Waals surface area contributed by atoms with E-state index in [9.17, 15) is 13.6 Å². The summed E-state index contributed by atoms with van der Waals surface area (Å²) in [6.45, 7) is 1.59. The number of piperidine rings is 1. The molecule has 0 amide bonds. The van der Waals surface area contributed by atoms with E-state index >= 15 is 0 Å². The Bertz CT molecular complexity index is 430. The van der Waals surface area contributed by atoms with E-state index in [-0.39, 0.29) is 5.92 Å². The van der Waals surface area contributed by atoms with E-state index < -0.39 is 17.6 Å². The van der Waals surface area contributed by atoms with Gasteiger partial charge < -0.3 is 5.11 Å². The van der Waals surface area contributed by atoms with Crippen LogP contribution in [-0.2, 0) is 11.3 Å². The number of benzene rings is 1. The number of carbonyl (C=O) groups is 1. The summed E-state index contributed by atoms with van der Waals surface area (Å²) in [7, 11) is 0. The Morgan fingerprint density at radius 2 is 2.00 bits per heavy atom. The first kappa shape index (κ1) is 13.0. The lowest BCUT2D eigenvalue weighted by molar-refractivity contribution is -0.143. The average molecular weight is 255 g/mol. The van der Waals surface area contributed by atoms with E-state index in [0.717, 1.165) is 19.0 Å². The normalized spacial score (nSPS) is 20.9. The highest BCUT2D eigenvalue weighted by molar-refractivity contribution is 5.70. The van der Waals surface area contributed by atoms with Crippen molar-refractivity contribution < 1.29 is 18.7 Å². The van der Waals surface area contributed by atoms with Gasteiger partial charge in [-0.15, -0.1) is 0 Å². The van der Waals surface area contributed by atoms with Crippen LogP contribution in [0.2, 0.25) is 0 Å². The molecule has 1 atom stereocenters. The molecule has 1 fully saturated rings. The minimum atomic E-state index is -0.801. The third kappa shape index (κ3) is 3.26. The third-order valence-corrected chi connectivity index (χ3v) is 3.18. The summed E-state index contributed by atoms with van der Waals surface area (Å²) in [6, 6.07) is 3.40. The van der Waals surface area contributed by atoms with Crippen LogP contribution in [0.3, 0.4) is 0 Å². The second-order valence-corrected chi connectivity index (χ2v) is 4.69. The van der Waals surface area contributed by atoms with Gasteiger partial charge in [0.2, 0.25) is 0 Å². The fraction of sp³-hybridized carbons (Fsp3) is 0.462. The summed E-state index contributed by atoms with van der Waals surface area (Å²) in [4.78, 5) is 12.8. The summed E-state index contributed by atoms with van der Waals surface area (Å²) >= 11 is 0. The predicted octanol–water partition coefficient (Wildman–Crippen LogP) is 2.26. The maximum Gasteiger partial charge on any atom is 0.307 e. The molecule has 1 aliphatic rings. The lowest BCUT2D eigenvalue weighted by Gasteiger charge is -2.30. The van der Waals surface area contributed by atoms with Crippen molar-refractivity contribution in [3.8, 4) is 0 Å². The average Bonchev–Trinajstić information content (AvgIpc) is 2.27. The van der Waals surface area contributed by atoms with Gasteiger partial charge in [0.05, 0.1) is 5.92 Å². The first-order chi connectivity index (χ1) is 8.54. The number of aliphatic carboxylic acids is 1. The van der Waals surface area contributed by atoms with Crippen molar-refractivity contribution >= 4 is 5.97 Å². The number of hydrogen-bond acceptors (Lipinski definition) is 2. The molecule has 3 nitrogen and oxygen atoms in total. The van der Waals surface area contributed by atoms with Gasteiger partial charge >= 0.3 is 5.97 Å². The van der Waals surface area contributed by atoms with Gasteiger partial charge in [0, 0.05) is 19.2 Å². The van der Waals surface area contributed by atoms with Crippen molar-refractivity contribution in [3.63, 3.8) is 0 Å². The van der Waals surface area contributed by atoms with Crippen molar-refractivity contribution in [1.29, 1.82) is 0 Å². The Balaban J connectivity index is 2.02. The van der Waals surface area contributed by atoms with Crippen LogP contribution in [0.1, 0.15) is 18.4 Å². The fourth-order valence-corrected chi connectivity index (χ4v) is 2.36. The number of carboxylic acids is 1. The van der Waals surface area contributed by atoms with E-state index in [0.29, 0.717) is 25.1 Å². The monoisotopic (exact) mass is 255 g/mol. The molecule has 1 heterocycles. The Labute approximate surface area is 104 Å². The molecule has 0 radical (unpaired) electrons. The number of nitrogens with zero attached hydrogens (tertiary/aromatic N) is 1. The fourth-order valence-electron chi connectivity index (χ4n) is 2.36. The van der Waals surface area contributed by atoms with Crippen molar-refractivity contribution in [2.24, 2.45) is 5.92 Å². The molecular formula is C13H15F2NO2. The highest BCUT2D eigenvalue weighted by Crippen LogP contribution is 2.19. The molecule has 0 aliphatic carbocycles. The van der Waals surface area contributed by atoms with Gasteiger partial charge in [0.25, 0.3) is 0 Å². The summed E-state index contributed by atoms with van der Waals surface area (Å²) in [5.74, 6) is -2.38. The molecule has 1 aliphatic heterocycles. The van der Waals surface area contributed by atoms with Crippen LogP contribution in [0.5, 0.6) is 0 Å². The van der Waals surface area contributed by atoms with Gasteiger partial charge in [-0.05, 0) is 37.1 Å². The number of halogens is 2. The van der Waals surface area contributed by atoms with Crippen LogP contribution >= 0.6 is 0 Å². The maximum atomic E-state index is 13.0. The van der Waals surface area contributed by atoms with Gasteiger partial charge in [-0.2, -0.15) is 0 Å². The molecule has 18 heavy (non-hydrogen) atoms. The summed E-state index contributed by atoms with van der Waals surface area (Å²) in [5, 5.41) is 8.96.